The van der Waals surface area contributed by atoms with Gasteiger partial charge in [0.05, 0.1) is 6.61 Å². The summed E-state index contributed by atoms with van der Waals surface area (Å²) in [6.45, 7) is 21.0. The summed E-state index contributed by atoms with van der Waals surface area (Å²) in [5.74, 6) is -10.3. The quantitative estimate of drug-likeness (QED) is 0.124. The van der Waals surface area contributed by atoms with Crippen molar-refractivity contribution in [3.63, 3.8) is 0 Å². The van der Waals surface area contributed by atoms with Crippen LogP contribution in [-0.4, -0.2) is 48.6 Å². The minimum Gasteiger partial charge on any atom is -0.462 e. The molecule has 0 aliphatic rings. The lowest BCUT2D eigenvalue weighted by molar-refractivity contribution is -0.221. The molecule has 198 valence electrons. The van der Waals surface area contributed by atoms with Gasteiger partial charge in [0.25, 0.3) is 0 Å². The summed E-state index contributed by atoms with van der Waals surface area (Å²) in [5, 5.41) is 0. The molecule has 0 atom stereocenters. The first-order valence-electron chi connectivity index (χ1n) is 10.4. The maximum atomic E-state index is 12.5. The number of ether oxygens (including phenoxy) is 3. The number of unbranched alkanes of at least 4 members (excludes halogenated alkanes) is 1. The predicted molar refractivity (Wildman–Crippen MR) is 123 cm³/mol. The second-order valence-electron chi connectivity index (χ2n) is 8.50. The first-order valence-corrected chi connectivity index (χ1v) is 10.4. The van der Waals surface area contributed by atoms with Gasteiger partial charge < -0.3 is 14.2 Å². The van der Waals surface area contributed by atoms with Crippen molar-refractivity contribution in [2.75, 3.05) is 13.2 Å². The Balaban J connectivity index is -0.000000434. The van der Waals surface area contributed by atoms with Gasteiger partial charge in [-0.1, -0.05) is 33.1 Å². The van der Waals surface area contributed by atoms with Crippen LogP contribution in [0.25, 0.3) is 0 Å². The van der Waals surface area contributed by atoms with Crippen LogP contribution in [0.1, 0.15) is 68.2 Å². The molecule has 0 heterocycles. The van der Waals surface area contributed by atoms with Crippen molar-refractivity contribution in [2.24, 2.45) is 0 Å². The predicted octanol–water partition coefficient (Wildman–Crippen LogP) is 6.21. The molecule has 0 aromatic carbocycles. The fourth-order valence-corrected chi connectivity index (χ4v) is 1.20. The van der Waals surface area contributed by atoms with E-state index in [2.05, 4.69) is 31.4 Å². The molecule has 0 aliphatic heterocycles. The van der Waals surface area contributed by atoms with Gasteiger partial charge in [-0.25, -0.2) is 23.2 Å². The molecule has 0 amide bonds. The summed E-state index contributed by atoms with van der Waals surface area (Å²) in [6.07, 6.45) is 1.97. The van der Waals surface area contributed by atoms with Gasteiger partial charge in [0, 0.05) is 23.6 Å². The molecular weight excluding hydrogens is 460 g/mol. The number of alkyl halides is 4. The number of carbonyl (C=O) groups is 3. The van der Waals surface area contributed by atoms with Gasteiger partial charge in [-0.15, -0.1) is 0 Å². The lowest BCUT2D eigenvalue weighted by atomic mass is 10.2. The average molecular weight is 499 g/mol. The van der Waals surface area contributed by atoms with Crippen LogP contribution in [0.4, 0.5) is 17.6 Å². The van der Waals surface area contributed by atoms with Crippen LogP contribution in [0, 0.1) is 0 Å². The van der Waals surface area contributed by atoms with Crippen molar-refractivity contribution in [1.29, 1.82) is 0 Å². The molecule has 34 heavy (non-hydrogen) atoms. The Bertz CT molecular complexity index is 716. The maximum Gasteiger partial charge on any atom is 0.343 e. The van der Waals surface area contributed by atoms with E-state index in [4.69, 9.17) is 9.47 Å². The minimum atomic E-state index is -4.36. The molecule has 6 nitrogen and oxygen atoms in total. The van der Waals surface area contributed by atoms with Crippen LogP contribution in [-0.2, 0) is 28.6 Å². The highest BCUT2D eigenvalue weighted by molar-refractivity contribution is 5.87. The zero-order chi connectivity index (χ0) is 27.9. The molecule has 0 bridgehead atoms. The highest BCUT2D eigenvalue weighted by Crippen LogP contribution is 2.33. The lowest BCUT2D eigenvalue weighted by Crippen LogP contribution is -2.42. The van der Waals surface area contributed by atoms with E-state index in [1.54, 1.807) is 13.8 Å². The summed E-state index contributed by atoms with van der Waals surface area (Å²) in [6, 6.07) is 0. The monoisotopic (exact) mass is 498 g/mol. The van der Waals surface area contributed by atoms with Crippen LogP contribution >= 0.6 is 0 Å². The van der Waals surface area contributed by atoms with Gasteiger partial charge in [0.15, 0.2) is 6.61 Å². The number of halogens is 4. The van der Waals surface area contributed by atoms with Crippen molar-refractivity contribution < 1.29 is 46.2 Å². The third-order valence-corrected chi connectivity index (χ3v) is 3.20. The number of carbonyl (C=O) groups excluding carboxylic acids is 3. The molecule has 0 aliphatic carbocycles. The Morgan fingerprint density at radius 3 is 1.38 bits per heavy atom. The number of esters is 3. The minimum absolute atomic E-state index is 0.0571. The molecule has 0 aromatic rings. The lowest BCUT2D eigenvalue weighted by Gasteiger charge is -2.22. The molecule has 0 unspecified atom stereocenters. The SMILES string of the molecule is C=C(C)C(=O)OC(C)(C)C.C=C(C)C(=O)OCC(F)(F)C(C)(F)F.C=C(C)C(=O)OCCCC. The fraction of sp³-hybridized carbons (Fsp3) is 0.625. The topological polar surface area (TPSA) is 78.9 Å². The molecule has 10 heteroatoms. The first kappa shape index (κ1) is 35.9. The average Bonchev–Trinajstić information content (AvgIpc) is 2.64. The van der Waals surface area contributed by atoms with Crippen molar-refractivity contribution in [3.8, 4) is 0 Å². The summed E-state index contributed by atoms with van der Waals surface area (Å²) >= 11 is 0. The van der Waals surface area contributed by atoms with E-state index in [1.807, 2.05) is 20.8 Å². The molecule has 0 rings (SSSR count). The van der Waals surface area contributed by atoms with Gasteiger partial charge >= 0.3 is 29.8 Å². The smallest absolute Gasteiger partial charge is 0.343 e. The van der Waals surface area contributed by atoms with Crippen LogP contribution in [0.5, 0.6) is 0 Å². The fourth-order valence-electron chi connectivity index (χ4n) is 1.20. The first-order chi connectivity index (χ1) is 15.1. The van der Waals surface area contributed by atoms with Crippen LogP contribution in [0.2, 0.25) is 0 Å². The van der Waals surface area contributed by atoms with E-state index >= 15 is 0 Å². The summed E-state index contributed by atoms with van der Waals surface area (Å²) in [7, 11) is 0. The highest BCUT2D eigenvalue weighted by atomic mass is 19.3. The van der Waals surface area contributed by atoms with Crippen molar-refractivity contribution in [3.05, 3.63) is 36.5 Å². The molecule has 0 radical (unpaired) electrons. The van der Waals surface area contributed by atoms with Crippen molar-refractivity contribution >= 4 is 17.9 Å². The molecular formula is C24H38F4O6. The van der Waals surface area contributed by atoms with E-state index in [9.17, 15) is 31.9 Å². The molecule has 0 spiro atoms. The van der Waals surface area contributed by atoms with Crippen molar-refractivity contribution in [1.82, 2.24) is 0 Å². The largest absolute Gasteiger partial charge is 0.462 e. The van der Waals surface area contributed by atoms with E-state index in [0.717, 1.165) is 12.8 Å². The molecule has 0 saturated heterocycles. The number of hydrogen-bond donors (Lipinski definition) is 0. The van der Waals surface area contributed by atoms with Gasteiger partial charge in [0.1, 0.15) is 5.60 Å². The second kappa shape index (κ2) is 16.1. The van der Waals surface area contributed by atoms with Crippen LogP contribution < -0.4 is 0 Å². The second-order valence-corrected chi connectivity index (χ2v) is 8.50. The van der Waals surface area contributed by atoms with E-state index < -0.39 is 30.0 Å². The van der Waals surface area contributed by atoms with Crippen molar-refractivity contribution in [2.45, 2.75) is 85.7 Å². The molecule has 0 saturated carbocycles. The zero-order valence-corrected chi connectivity index (χ0v) is 21.4. The Morgan fingerprint density at radius 2 is 1.12 bits per heavy atom. The van der Waals surface area contributed by atoms with Gasteiger partial charge in [-0.05, 0) is 48.0 Å². The Labute approximate surface area is 200 Å². The normalized spacial score (nSPS) is 10.9. The van der Waals surface area contributed by atoms with Crippen LogP contribution in [0.15, 0.2) is 36.5 Å². The third-order valence-electron chi connectivity index (χ3n) is 3.20. The number of hydrogen-bond acceptors (Lipinski definition) is 6. The molecule has 0 fully saturated rings. The Kier molecular flexibility index (Phi) is 17.0. The summed E-state index contributed by atoms with van der Waals surface area (Å²) < 4.78 is 63.1. The summed E-state index contributed by atoms with van der Waals surface area (Å²) in [4.78, 5) is 32.1. The van der Waals surface area contributed by atoms with Gasteiger partial charge in [-0.3, -0.25) is 0 Å². The standard InChI is InChI=1S/C8H10F4O2.2C8H14O2/c1-5(2)6(13)14-4-8(11,12)7(3,9)10;1-6(2)7(9)10-8(3,4)5;1-4-5-6-10-8(9)7(2)3/h1,4H2,2-3H3;1H2,2-5H3;2,4-6H2,1,3H3. The maximum absolute atomic E-state index is 12.5. The molecule has 0 N–H and O–H groups in total. The van der Waals surface area contributed by atoms with Crippen LogP contribution in [0.3, 0.4) is 0 Å². The molecule has 0 aromatic heterocycles. The Morgan fingerprint density at radius 1 is 0.735 bits per heavy atom. The summed E-state index contributed by atoms with van der Waals surface area (Å²) in [5.41, 5.74) is 0.377. The Hall–Kier alpha value is -2.65. The third kappa shape index (κ3) is 20.0. The number of rotatable bonds is 9. The zero-order valence-electron chi connectivity index (χ0n) is 21.4. The van der Waals surface area contributed by atoms with E-state index in [0.29, 0.717) is 17.8 Å². The van der Waals surface area contributed by atoms with E-state index in [1.165, 1.54) is 6.92 Å². The van der Waals surface area contributed by atoms with E-state index in [-0.39, 0.29) is 24.4 Å². The highest BCUT2D eigenvalue weighted by Gasteiger charge is 2.53. The van der Waals surface area contributed by atoms with Gasteiger partial charge in [-0.2, -0.15) is 8.78 Å². The van der Waals surface area contributed by atoms with Gasteiger partial charge in [0.2, 0.25) is 0 Å².